The van der Waals surface area contributed by atoms with Gasteiger partial charge < -0.3 is 0 Å². The predicted octanol–water partition coefficient (Wildman–Crippen LogP) is 5.03. The molecule has 0 N–H and O–H groups in total. The number of benzene rings is 1. The second-order valence-electron chi connectivity index (χ2n) is 8.59. The lowest BCUT2D eigenvalue weighted by molar-refractivity contribution is -0.143. The molecule has 1 aromatic carbocycles. The third kappa shape index (κ3) is 2.70. The Hall–Kier alpha value is -2.70. The maximum Gasteiger partial charge on any atom is 0.434 e. The molecule has 0 amide bonds. The smallest absolute Gasteiger partial charge is 0.294 e. The molecule has 0 radical (unpaired) electrons. The van der Waals surface area contributed by atoms with Gasteiger partial charge in [0, 0.05) is 11.0 Å². The van der Waals surface area contributed by atoms with Crippen molar-refractivity contribution in [2.75, 3.05) is 0 Å². The van der Waals surface area contributed by atoms with Crippen LogP contribution in [0.3, 0.4) is 0 Å². The van der Waals surface area contributed by atoms with Gasteiger partial charge >= 0.3 is 6.18 Å². The predicted molar refractivity (Wildman–Crippen MR) is 101 cm³/mol. The number of aromatic nitrogens is 2. The molecule has 4 nitrogen and oxygen atoms in total. The number of carbonyl (C=O) groups is 2. The van der Waals surface area contributed by atoms with Gasteiger partial charge in [-0.25, -0.2) is 4.68 Å². The van der Waals surface area contributed by atoms with Gasteiger partial charge in [0.1, 0.15) is 0 Å². The molecular weight excluding hydrogens is 381 g/mol. The van der Waals surface area contributed by atoms with E-state index in [2.05, 4.69) is 5.10 Å². The molecule has 0 unspecified atom stereocenters. The van der Waals surface area contributed by atoms with Gasteiger partial charge in [0.25, 0.3) is 0 Å². The zero-order chi connectivity index (χ0) is 21.2. The lowest BCUT2D eigenvalue weighted by Gasteiger charge is -2.31. The first-order valence-corrected chi connectivity index (χ1v) is 9.50. The molecule has 2 atom stereocenters. The van der Waals surface area contributed by atoms with Crippen molar-refractivity contribution in [3.05, 3.63) is 59.4 Å². The molecule has 1 aromatic heterocycles. The zero-order valence-electron chi connectivity index (χ0n) is 16.4. The summed E-state index contributed by atoms with van der Waals surface area (Å²) in [5, 5.41) is 3.82. The third-order valence-electron chi connectivity index (χ3n) is 6.96. The van der Waals surface area contributed by atoms with Crippen molar-refractivity contribution >= 4 is 11.6 Å². The number of nitrogens with zero attached hydrogens (tertiary/aromatic N) is 2. The van der Waals surface area contributed by atoms with Crippen LogP contribution < -0.4 is 0 Å². The minimum Gasteiger partial charge on any atom is -0.294 e. The van der Waals surface area contributed by atoms with E-state index < -0.39 is 28.6 Å². The van der Waals surface area contributed by atoms with Crippen LogP contribution in [0.25, 0.3) is 5.69 Å². The van der Waals surface area contributed by atoms with Crippen LogP contribution in [0, 0.1) is 16.7 Å². The lowest BCUT2D eigenvalue weighted by atomic mass is 9.70. The highest BCUT2D eigenvalue weighted by molar-refractivity contribution is 6.13. The first-order chi connectivity index (χ1) is 13.5. The van der Waals surface area contributed by atoms with Crippen LogP contribution in [-0.2, 0) is 11.0 Å². The van der Waals surface area contributed by atoms with Crippen LogP contribution in [0.5, 0.6) is 0 Å². The quantitative estimate of drug-likeness (QED) is 0.535. The van der Waals surface area contributed by atoms with Crippen molar-refractivity contribution in [3.8, 4) is 5.69 Å². The number of Topliss-reactive ketones (excluding diaryl/α,β-unsaturated/α-hetero) is 1. The minimum absolute atomic E-state index is 0.123. The number of ketones is 2. The highest BCUT2D eigenvalue weighted by Crippen LogP contribution is 2.65. The number of allylic oxidation sites excluding steroid dienone is 2. The topological polar surface area (TPSA) is 52.0 Å². The summed E-state index contributed by atoms with van der Waals surface area (Å²) in [6.45, 7) is 5.86. The Morgan fingerprint density at radius 1 is 1.21 bits per heavy atom. The summed E-state index contributed by atoms with van der Waals surface area (Å²) in [4.78, 5) is 25.8. The van der Waals surface area contributed by atoms with Gasteiger partial charge in [0.2, 0.25) is 0 Å². The molecule has 4 rings (SSSR count). The fraction of sp³-hybridized carbons (Fsp3) is 0.409. The molecule has 2 aliphatic carbocycles. The van der Waals surface area contributed by atoms with E-state index in [0.717, 1.165) is 29.8 Å². The summed E-state index contributed by atoms with van der Waals surface area (Å²) < 4.78 is 42.2. The highest BCUT2D eigenvalue weighted by Gasteiger charge is 2.64. The number of hydrogen-bond acceptors (Lipinski definition) is 3. The van der Waals surface area contributed by atoms with E-state index in [9.17, 15) is 22.8 Å². The molecule has 2 aliphatic rings. The fourth-order valence-electron chi connectivity index (χ4n) is 4.88. The summed E-state index contributed by atoms with van der Waals surface area (Å²) in [5.41, 5.74) is -2.04. The Kier molecular flexibility index (Phi) is 4.16. The number of alkyl halides is 3. The van der Waals surface area contributed by atoms with E-state index in [4.69, 9.17) is 0 Å². The van der Waals surface area contributed by atoms with Crippen molar-refractivity contribution in [1.29, 1.82) is 0 Å². The SMILES string of the molecule is CC1(C)[C@@H]2CC[C@@]1(C)C(=O)/C2=C/C(=O)c1cnn(-c2ccccc2)c1C(F)(F)F. The zero-order valence-corrected chi connectivity index (χ0v) is 16.4. The third-order valence-corrected chi connectivity index (χ3v) is 6.96. The Labute approximate surface area is 166 Å². The highest BCUT2D eigenvalue weighted by atomic mass is 19.4. The lowest BCUT2D eigenvalue weighted by Crippen LogP contribution is -2.32. The molecule has 7 heteroatoms. The molecule has 152 valence electrons. The molecule has 0 saturated heterocycles. The van der Waals surface area contributed by atoms with Gasteiger partial charge in [-0.3, -0.25) is 9.59 Å². The fourth-order valence-corrected chi connectivity index (χ4v) is 4.88. The molecule has 0 aliphatic heterocycles. The van der Waals surface area contributed by atoms with Crippen LogP contribution in [0.4, 0.5) is 13.2 Å². The molecule has 2 fully saturated rings. The Bertz CT molecular complexity index is 1030. The normalized spacial score (nSPS) is 27.0. The Morgan fingerprint density at radius 2 is 1.86 bits per heavy atom. The number of fused-ring (bicyclic) bond motifs is 2. The average molecular weight is 402 g/mol. The van der Waals surface area contributed by atoms with Crippen LogP contribution in [0.15, 0.2) is 48.2 Å². The first kappa shape index (κ1) is 19.6. The van der Waals surface area contributed by atoms with Crippen LogP contribution >= 0.6 is 0 Å². The van der Waals surface area contributed by atoms with Crippen molar-refractivity contribution < 1.29 is 22.8 Å². The number of rotatable bonds is 3. The van der Waals surface area contributed by atoms with Gasteiger partial charge in [0.05, 0.1) is 17.4 Å². The number of carbonyl (C=O) groups excluding carboxylic acids is 2. The van der Waals surface area contributed by atoms with Crippen molar-refractivity contribution in [2.45, 2.75) is 39.8 Å². The van der Waals surface area contributed by atoms with E-state index in [0.29, 0.717) is 5.57 Å². The molecule has 2 saturated carbocycles. The summed E-state index contributed by atoms with van der Waals surface area (Å²) in [6.07, 6.45) is -1.25. The maximum atomic E-state index is 13.8. The minimum atomic E-state index is -4.78. The molecular formula is C22H21F3N2O2. The van der Waals surface area contributed by atoms with Gasteiger partial charge in [-0.15, -0.1) is 0 Å². The second kappa shape index (κ2) is 6.15. The van der Waals surface area contributed by atoms with E-state index in [1.165, 1.54) is 12.1 Å². The largest absolute Gasteiger partial charge is 0.434 e. The summed E-state index contributed by atoms with van der Waals surface area (Å²) in [6, 6.07) is 7.84. The standard InChI is InChI=1S/C22H21F3N2O2/c1-20(2)16-9-10-21(20,3)19(29)14(16)11-17(28)15-12-26-27(18(15)22(23,24)25)13-7-5-4-6-8-13/h4-8,11-12,16H,9-10H2,1-3H3/b14-11+/t16-,21+/m1/s1. The summed E-state index contributed by atoms with van der Waals surface area (Å²) >= 11 is 0. The number of para-hydroxylation sites is 1. The second-order valence-corrected chi connectivity index (χ2v) is 8.59. The van der Waals surface area contributed by atoms with Crippen molar-refractivity contribution in [1.82, 2.24) is 9.78 Å². The first-order valence-electron chi connectivity index (χ1n) is 9.50. The number of halogens is 3. The van der Waals surface area contributed by atoms with Gasteiger partial charge in [-0.05, 0) is 42.4 Å². The van der Waals surface area contributed by atoms with Crippen molar-refractivity contribution in [3.63, 3.8) is 0 Å². The van der Waals surface area contributed by atoms with E-state index in [-0.39, 0.29) is 22.8 Å². The molecule has 2 bridgehead atoms. The molecule has 29 heavy (non-hydrogen) atoms. The molecule has 0 spiro atoms. The Morgan fingerprint density at radius 3 is 2.41 bits per heavy atom. The Balaban J connectivity index is 1.79. The molecule has 1 heterocycles. The van der Waals surface area contributed by atoms with Gasteiger partial charge in [-0.1, -0.05) is 39.0 Å². The summed E-state index contributed by atoms with van der Waals surface area (Å²) in [7, 11) is 0. The van der Waals surface area contributed by atoms with Crippen LogP contribution in [0.1, 0.15) is 49.7 Å². The van der Waals surface area contributed by atoms with Crippen LogP contribution in [-0.4, -0.2) is 21.3 Å². The van der Waals surface area contributed by atoms with E-state index in [1.54, 1.807) is 18.2 Å². The van der Waals surface area contributed by atoms with Gasteiger partial charge in [0.15, 0.2) is 17.3 Å². The summed E-state index contributed by atoms with van der Waals surface area (Å²) in [5.74, 6) is -1.09. The van der Waals surface area contributed by atoms with Gasteiger partial charge in [-0.2, -0.15) is 18.3 Å². The average Bonchev–Trinajstić information content (AvgIpc) is 3.24. The molecule has 2 aromatic rings. The van der Waals surface area contributed by atoms with Crippen molar-refractivity contribution in [2.24, 2.45) is 16.7 Å². The maximum absolute atomic E-state index is 13.8. The van der Waals surface area contributed by atoms with Crippen LogP contribution in [0.2, 0.25) is 0 Å². The van der Waals surface area contributed by atoms with E-state index >= 15 is 0 Å². The number of hydrogen-bond donors (Lipinski definition) is 0. The van der Waals surface area contributed by atoms with E-state index in [1.807, 2.05) is 20.8 Å². The monoisotopic (exact) mass is 402 g/mol.